The van der Waals surface area contributed by atoms with Gasteiger partial charge in [-0.15, -0.1) is 0 Å². The summed E-state index contributed by atoms with van der Waals surface area (Å²) < 4.78 is 6.59. The van der Waals surface area contributed by atoms with Crippen LogP contribution >= 0.6 is 0 Å². The lowest BCUT2D eigenvalue weighted by molar-refractivity contribution is -0.202. The highest BCUT2D eigenvalue weighted by Gasteiger charge is 2.84. The van der Waals surface area contributed by atoms with Gasteiger partial charge in [-0.05, 0) is 111 Å². The summed E-state index contributed by atoms with van der Waals surface area (Å²) in [7, 11) is 0. The van der Waals surface area contributed by atoms with Crippen LogP contribution in [0.2, 0.25) is 0 Å². The molecule has 6 aliphatic rings. The van der Waals surface area contributed by atoms with E-state index in [0.717, 1.165) is 38.5 Å². The van der Waals surface area contributed by atoms with Gasteiger partial charge in [-0.1, -0.05) is 34.6 Å². The molecule has 2 spiro atoms. The van der Waals surface area contributed by atoms with Gasteiger partial charge in [0.2, 0.25) is 0 Å². The van der Waals surface area contributed by atoms with Crippen LogP contribution in [-0.2, 0) is 4.74 Å². The average molecular weight is 491 g/mol. The van der Waals surface area contributed by atoms with Crippen LogP contribution in [0.25, 0.3) is 0 Å². The summed E-state index contributed by atoms with van der Waals surface area (Å²) in [6.45, 7) is 15.0. The second-order valence-corrected chi connectivity index (χ2v) is 15.7. The average Bonchev–Trinajstić information content (AvgIpc) is 3.40. The number of aliphatic hydroxyl groups excluding tert-OH is 3. The smallest absolute Gasteiger partial charge is 0.108 e. The summed E-state index contributed by atoms with van der Waals surface area (Å²) >= 11 is 0. The van der Waals surface area contributed by atoms with Crippen molar-refractivity contribution in [2.45, 2.75) is 136 Å². The van der Waals surface area contributed by atoms with Crippen molar-refractivity contribution in [1.29, 1.82) is 0 Å². The Morgan fingerprint density at radius 3 is 2.20 bits per heavy atom. The van der Waals surface area contributed by atoms with E-state index in [1.165, 1.54) is 12.8 Å². The van der Waals surface area contributed by atoms with Crippen LogP contribution in [-0.4, -0.2) is 56.5 Å². The molecule has 5 saturated carbocycles. The van der Waals surface area contributed by atoms with Crippen molar-refractivity contribution < 1.29 is 25.2 Å². The molecular formula is C30H50O5. The molecule has 5 aliphatic carbocycles. The summed E-state index contributed by atoms with van der Waals surface area (Å²) in [6, 6.07) is 0. The first kappa shape index (κ1) is 25.1. The van der Waals surface area contributed by atoms with Crippen LogP contribution in [0, 0.1) is 50.7 Å². The number of aliphatic hydroxyl groups is 4. The van der Waals surface area contributed by atoms with Gasteiger partial charge in [0.05, 0.1) is 30.0 Å². The molecule has 13 atom stereocenters. The van der Waals surface area contributed by atoms with Gasteiger partial charge >= 0.3 is 0 Å². The topological polar surface area (TPSA) is 90.2 Å². The minimum atomic E-state index is -1.23. The summed E-state index contributed by atoms with van der Waals surface area (Å²) in [4.78, 5) is 0. The molecular weight excluding hydrogens is 440 g/mol. The molecule has 6 fully saturated rings. The van der Waals surface area contributed by atoms with Crippen LogP contribution < -0.4 is 0 Å². The van der Waals surface area contributed by atoms with Gasteiger partial charge in [-0.3, -0.25) is 0 Å². The van der Waals surface area contributed by atoms with Gasteiger partial charge < -0.3 is 25.2 Å². The molecule has 0 unspecified atom stereocenters. The molecule has 200 valence electrons. The van der Waals surface area contributed by atoms with Crippen LogP contribution in [0.1, 0.15) is 99.8 Å². The molecule has 5 nitrogen and oxygen atoms in total. The van der Waals surface area contributed by atoms with Gasteiger partial charge in [-0.25, -0.2) is 0 Å². The highest BCUT2D eigenvalue weighted by molar-refractivity contribution is 5.32. The van der Waals surface area contributed by atoms with Crippen molar-refractivity contribution in [3.8, 4) is 0 Å². The molecule has 0 amide bonds. The molecule has 0 aromatic carbocycles. The predicted molar refractivity (Wildman–Crippen MR) is 134 cm³/mol. The van der Waals surface area contributed by atoms with Crippen LogP contribution in [0.15, 0.2) is 0 Å². The SMILES string of the molecule is C[C@@H]1C[C@H]([C@@H](O)C(C)(C)O)O[C@H]2[C@@H]1[C@@]1(C)CC[C@@]34C[C@@]35CC[C@H](O)C(C)(C)[C@@H]5CC[C@H]4[C@]1(C)[C@H]2O. The van der Waals surface area contributed by atoms with E-state index >= 15 is 0 Å². The Labute approximate surface area is 212 Å². The minimum Gasteiger partial charge on any atom is -0.393 e. The fraction of sp³-hybridized carbons (Fsp3) is 1.00. The van der Waals surface area contributed by atoms with Crippen molar-refractivity contribution in [2.24, 2.45) is 50.7 Å². The highest BCUT2D eigenvalue weighted by Crippen LogP contribution is 2.89. The van der Waals surface area contributed by atoms with Crippen LogP contribution in [0.4, 0.5) is 0 Å². The molecule has 0 radical (unpaired) electrons. The van der Waals surface area contributed by atoms with E-state index < -0.39 is 23.9 Å². The van der Waals surface area contributed by atoms with E-state index in [0.29, 0.717) is 28.6 Å². The van der Waals surface area contributed by atoms with E-state index in [-0.39, 0.29) is 34.4 Å². The third kappa shape index (κ3) is 2.73. The maximum Gasteiger partial charge on any atom is 0.108 e. The third-order valence-electron chi connectivity index (χ3n) is 13.9. The lowest BCUT2D eigenvalue weighted by atomic mass is 9.41. The maximum absolute atomic E-state index is 12.2. The van der Waals surface area contributed by atoms with Crippen molar-refractivity contribution in [3.63, 3.8) is 0 Å². The lowest BCUT2D eigenvalue weighted by Gasteiger charge is -2.63. The van der Waals surface area contributed by atoms with E-state index in [4.69, 9.17) is 4.74 Å². The summed E-state index contributed by atoms with van der Waals surface area (Å²) in [5.41, 5.74) is -0.860. The minimum absolute atomic E-state index is 0.00259. The maximum atomic E-state index is 12.2. The summed E-state index contributed by atoms with van der Waals surface area (Å²) in [5.74, 6) is 1.64. The zero-order valence-electron chi connectivity index (χ0n) is 23.1. The van der Waals surface area contributed by atoms with Gasteiger partial charge in [0.25, 0.3) is 0 Å². The van der Waals surface area contributed by atoms with E-state index in [1.54, 1.807) is 13.8 Å². The van der Waals surface area contributed by atoms with Gasteiger partial charge in [0.15, 0.2) is 0 Å². The molecule has 0 aromatic heterocycles. The first-order valence-corrected chi connectivity index (χ1v) is 14.5. The van der Waals surface area contributed by atoms with Crippen LogP contribution in [0.5, 0.6) is 0 Å². The van der Waals surface area contributed by atoms with Crippen molar-refractivity contribution in [2.75, 3.05) is 0 Å². The molecule has 1 heterocycles. The second kappa shape index (κ2) is 7.05. The standard InChI is InChI=1S/C30H50O5/c1-16-14-17(23(32)26(4,5)34)35-22-21(16)27(6)12-13-30-15-29(30)11-10-20(31)25(2,3)18(29)8-9-19(30)28(27,7)24(22)33/h16-24,31-34H,8-15H2,1-7H3/t16-,17-,18+,19+,20+,21-,22+,23-,24+,27-,28-,29-,30+/m1/s1. The second-order valence-electron chi connectivity index (χ2n) is 15.7. The third-order valence-corrected chi connectivity index (χ3v) is 13.9. The van der Waals surface area contributed by atoms with E-state index in [1.807, 2.05) is 0 Å². The quantitative estimate of drug-likeness (QED) is 0.464. The predicted octanol–water partition coefficient (Wildman–Crippen LogP) is 4.29. The molecule has 35 heavy (non-hydrogen) atoms. The molecule has 0 bridgehead atoms. The molecule has 0 aromatic rings. The number of hydrogen-bond donors (Lipinski definition) is 4. The van der Waals surface area contributed by atoms with Crippen LogP contribution in [0.3, 0.4) is 0 Å². The molecule has 5 heteroatoms. The van der Waals surface area contributed by atoms with Gasteiger partial charge in [0, 0.05) is 5.41 Å². The number of hydrogen-bond acceptors (Lipinski definition) is 5. The normalized spacial score (nSPS) is 59.4. The van der Waals surface area contributed by atoms with Gasteiger partial charge in [0.1, 0.15) is 6.10 Å². The number of ether oxygens (including phenoxy) is 1. The Bertz CT molecular complexity index is 896. The first-order chi connectivity index (χ1) is 16.1. The lowest BCUT2D eigenvalue weighted by Crippen LogP contribution is -2.59. The zero-order chi connectivity index (χ0) is 25.6. The monoisotopic (exact) mass is 490 g/mol. The fourth-order valence-corrected chi connectivity index (χ4v) is 12.0. The fourth-order valence-electron chi connectivity index (χ4n) is 12.0. The van der Waals surface area contributed by atoms with Crippen molar-refractivity contribution >= 4 is 0 Å². The Morgan fingerprint density at radius 2 is 1.54 bits per heavy atom. The Kier molecular flexibility index (Phi) is 5.06. The first-order valence-electron chi connectivity index (χ1n) is 14.5. The highest BCUT2D eigenvalue weighted by atomic mass is 16.5. The number of fused-ring (bicyclic) bond motifs is 4. The Hall–Kier alpha value is -0.200. The summed E-state index contributed by atoms with van der Waals surface area (Å²) in [6.07, 6.45) is 6.23. The Morgan fingerprint density at radius 1 is 0.914 bits per heavy atom. The molecule has 1 saturated heterocycles. The number of rotatable bonds is 2. The zero-order valence-corrected chi connectivity index (χ0v) is 23.1. The van der Waals surface area contributed by atoms with E-state index in [9.17, 15) is 20.4 Å². The molecule has 1 aliphatic heterocycles. The Balaban J connectivity index is 1.36. The summed E-state index contributed by atoms with van der Waals surface area (Å²) in [5, 5.41) is 44.4. The molecule has 4 N–H and O–H groups in total. The van der Waals surface area contributed by atoms with Crippen molar-refractivity contribution in [1.82, 2.24) is 0 Å². The van der Waals surface area contributed by atoms with Crippen molar-refractivity contribution in [3.05, 3.63) is 0 Å². The largest absolute Gasteiger partial charge is 0.393 e. The molecule has 6 rings (SSSR count). The van der Waals surface area contributed by atoms with Gasteiger partial charge in [-0.2, -0.15) is 0 Å². The van der Waals surface area contributed by atoms with E-state index in [2.05, 4.69) is 34.6 Å².